The molecule has 0 fully saturated rings. The van der Waals surface area contributed by atoms with Crippen LogP contribution in [0.4, 0.5) is 0 Å². The molecule has 1 atom stereocenters. The minimum absolute atomic E-state index is 0. The zero-order chi connectivity index (χ0) is 14.3. The molecule has 20 heavy (non-hydrogen) atoms. The van der Waals surface area contributed by atoms with Gasteiger partial charge < -0.3 is 10.6 Å². The molecule has 1 aromatic heterocycles. The molecule has 0 aliphatic carbocycles. The number of hydrogen-bond donors (Lipinski definition) is 2. The average Bonchev–Trinajstić information content (AvgIpc) is 2.75. The molecule has 0 aromatic carbocycles. The van der Waals surface area contributed by atoms with Crippen LogP contribution in [0, 0.1) is 12.8 Å². The van der Waals surface area contributed by atoms with E-state index in [4.69, 9.17) is 0 Å². The molecular formula is C14H27IN4S. The summed E-state index contributed by atoms with van der Waals surface area (Å²) >= 11 is 1.70. The Balaban J connectivity index is 0.00000361. The molecule has 6 heteroatoms. The second-order valence-corrected chi connectivity index (χ2v) is 6.11. The van der Waals surface area contributed by atoms with Gasteiger partial charge in [-0.1, -0.05) is 13.8 Å². The summed E-state index contributed by atoms with van der Waals surface area (Å²) in [4.78, 5) is 9.05. The van der Waals surface area contributed by atoms with Gasteiger partial charge in [0.15, 0.2) is 5.96 Å². The molecule has 1 heterocycles. The summed E-state index contributed by atoms with van der Waals surface area (Å²) in [6, 6.07) is 0.416. The molecule has 0 saturated carbocycles. The van der Waals surface area contributed by atoms with Crippen LogP contribution in [0.3, 0.4) is 0 Å². The summed E-state index contributed by atoms with van der Waals surface area (Å²) < 4.78 is 0. The molecule has 0 saturated heterocycles. The molecule has 0 amide bonds. The van der Waals surface area contributed by atoms with Crippen LogP contribution in [0.1, 0.15) is 38.4 Å². The maximum atomic E-state index is 4.60. The lowest BCUT2D eigenvalue weighted by Crippen LogP contribution is -2.44. The van der Waals surface area contributed by atoms with Gasteiger partial charge >= 0.3 is 0 Å². The number of halogens is 1. The average molecular weight is 410 g/mol. The Morgan fingerprint density at radius 2 is 2.10 bits per heavy atom. The molecule has 1 unspecified atom stereocenters. The summed E-state index contributed by atoms with van der Waals surface area (Å²) in [5.74, 6) is 1.49. The number of aromatic nitrogens is 1. The minimum atomic E-state index is 0. The molecule has 0 bridgehead atoms. The smallest absolute Gasteiger partial charge is 0.191 e. The number of thiazole rings is 1. The molecule has 116 valence electrons. The Kier molecular flexibility index (Phi) is 10.2. The third-order valence-electron chi connectivity index (χ3n) is 3.01. The Morgan fingerprint density at radius 1 is 1.40 bits per heavy atom. The molecule has 0 spiro atoms. The number of aryl methyl sites for hydroxylation is 1. The lowest BCUT2D eigenvalue weighted by Gasteiger charge is -2.20. The second-order valence-electron chi connectivity index (χ2n) is 5.05. The zero-order valence-corrected chi connectivity index (χ0v) is 16.2. The number of guanidine groups is 1. The fourth-order valence-corrected chi connectivity index (χ4v) is 2.15. The van der Waals surface area contributed by atoms with E-state index >= 15 is 0 Å². The van der Waals surface area contributed by atoms with E-state index in [1.54, 1.807) is 11.3 Å². The highest BCUT2D eigenvalue weighted by Crippen LogP contribution is 2.08. The summed E-state index contributed by atoms with van der Waals surface area (Å²) in [7, 11) is 0. The molecule has 1 aromatic rings. The Bertz CT molecular complexity index is 404. The number of hydrogen-bond acceptors (Lipinski definition) is 3. The van der Waals surface area contributed by atoms with E-state index in [9.17, 15) is 0 Å². The first-order valence-corrected chi connectivity index (χ1v) is 7.86. The third-order valence-corrected chi connectivity index (χ3v) is 3.84. The molecule has 0 aliphatic rings. The molecule has 2 N–H and O–H groups in total. The number of rotatable bonds is 6. The Labute approximate surface area is 143 Å². The standard InChI is InChI=1S/C14H26N4S.HI/c1-6-15-14(17-11(4)10(2)3)16-8-7-13-9-19-12(5)18-13;/h9-11H,6-8H2,1-5H3,(H2,15,16,17);1H. The van der Waals surface area contributed by atoms with Crippen molar-refractivity contribution >= 4 is 41.3 Å². The van der Waals surface area contributed by atoms with Gasteiger partial charge in [-0.15, -0.1) is 35.3 Å². The van der Waals surface area contributed by atoms with Crippen molar-refractivity contribution in [2.45, 2.75) is 47.1 Å². The van der Waals surface area contributed by atoms with Crippen molar-refractivity contribution in [3.05, 3.63) is 16.1 Å². The first-order valence-electron chi connectivity index (χ1n) is 6.98. The largest absolute Gasteiger partial charge is 0.357 e. The number of nitrogens with one attached hydrogen (secondary N) is 2. The zero-order valence-electron chi connectivity index (χ0n) is 13.1. The Morgan fingerprint density at radius 3 is 2.60 bits per heavy atom. The monoisotopic (exact) mass is 410 g/mol. The number of nitrogens with zero attached hydrogens (tertiary/aromatic N) is 2. The van der Waals surface area contributed by atoms with Gasteiger partial charge in [-0.2, -0.15) is 0 Å². The SMILES string of the molecule is CCNC(=NCCc1csc(C)n1)NC(C)C(C)C.I. The predicted molar refractivity (Wildman–Crippen MR) is 99.4 cm³/mol. The lowest BCUT2D eigenvalue weighted by molar-refractivity contribution is 0.481. The van der Waals surface area contributed by atoms with Crippen molar-refractivity contribution in [1.82, 2.24) is 15.6 Å². The summed E-state index contributed by atoms with van der Waals surface area (Å²) in [5.41, 5.74) is 1.14. The van der Waals surface area contributed by atoms with Crippen LogP contribution >= 0.6 is 35.3 Å². The van der Waals surface area contributed by atoms with E-state index in [2.05, 4.69) is 53.7 Å². The maximum absolute atomic E-state index is 4.60. The van der Waals surface area contributed by atoms with E-state index in [0.717, 1.165) is 36.2 Å². The van der Waals surface area contributed by atoms with Crippen LogP contribution in [-0.2, 0) is 6.42 Å². The van der Waals surface area contributed by atoms with Crippen LogP contribution < -0.4 is 10.6 Å². The van der Waals surface area contributed by atoms with E-state index in [1.807, 2.05) is 6.92 Å². The minimum Gasteiger partial charge on any atom is -0.357 e. The molecule has 0 aliphatic heterocycles. The normalized spacial score (nSPS) is 13.0. The van der Waals surface area contributed by atoms with Crippen molar-refractivity contribution < 1.29 is 0 Å². The molecule has 1 rings (SSSR count). The van der Waals surface area contributed by atoms with Crippen LogP contribution in [0.25, 0.3) is 0 Å². The van der Waals surface area contributed by atoms with Crippen LogP contribution in [0.5, 0.6) is 0 Å². The van der Waals surface area contributed by atoms with Gasteiger partial charge in [0.25, 0.3) is 0 Å². The van der Waals surface area contributed by atoms with Gasteiger partial charge in [-0.05, 0) is 26.7 Å². The lowest BCUT2D eigenvalue weighted by atomic mass is 10.1. The number of aliphatic imine (C=N–C) groups is 1. The molecular weight excluding hydrogens is 383 g/mol. The van der Waals surface area contributed by atoms with Crippen molar-refractivity contribution in [3.63, 3.8) is 0 Å². The highest BCUT2D eigenvalue weighted by molar-refractivity contribution is 14.0. The van der Waals surface area contributed by atoms with Gasteiger partial charge in [0.1, 0.15) is 0 Å². The second kappa shape index (κ2) is 10.4. The molecule has 4 nitrogen and oxygen atoms in total. The highest BCUT2D eigenvalue weighted by atomic mass is 127. The first-order chi connectivity index (χ1) is 9.02. The molecule has 0 radical (unpaired) electrons. The summed E-state index contributed by atoms with van der Waals surface area (Å²) in [6.45, 7) is 12.4. The van der Waals surface area contributed by atoms with Crippen LogP contribution in [-0.4, -0.2) is 30.1 Å². The van der Waals surface area contributed by atoms with Crippen molar-refractivity contribution in [1.29, 1.82) is 0 Å². The fourth-order valence-electron chi connectivity index (χ4n) is 1.51. The van der Waals surface area contributed by atoms with Gasteiger partial charge in [0.2, 0.25) is 0 Å². The van der Waals surface area contributed by atoms with Gasteiger partial charge in [0.05, 0.1) is 10.7 Å². The van der Waals surface area contributed by atoms with Gasteiger partial charge in [0, 0.05) is 30.9 Å². The van der Waals surface area contributed by atoms with E-state index in [-0.39, 0.29) is 24.0 Å². The quantitative estimate of drug-likeness (QED) is 0.430. The third kappa shape index (κ3) is 7.42. The van der Waals surface area contributed by atoms with Crippen LogP contribution in [0.15, 0.2) is 10.4 Å². The Hall–Kier alpha value is -0.370. The summed E-state index contributed by atoms with van der Waals surface area (Å²) in [6.07, 6.45) is 0.900. The van der Waals surface area contributed by atoms with Crippen LogP contribution in [0.2, 0.25) is 0 Å². The maximum Gasteiger partial charge on any atom is 0.191 e. The van der Waals surface area contributed by atoms with Gasteiger partial charge in [-0.3, -0.25) is 4.99 Å². The highest BCUT2D eigenvalue weighted by Gasteiger charge is 2.08. The van der Waals surface area contributed by atoms with E-state index in [0.29, 0.717) is 12.0 Å². The van der Waals surface area contributed by atoms with Crippen molar-refractivity contribution in [2.24, 2.45) is 10.9 Å². The first kappa shape index (κ1) is 19.6. The van der Waals surface area contributed by atoms with Crippen molar-refractivity contribution in [2.75, 3.05) is 13.1 Å². The van der Waals surface area contributed by atoms with Crippen molar-refractivity contribution in [3.8, 4) is 0 Å². The van der Waals surface area contributed by atoms with E-state index in [1.165, 1.54) is 0 Å². The van der Waals surface area contributed by atoms with E-state index < -0.39 is 0 Å². The predicted octanol–water partition coefficient (Wildman–Crippen LogP) is 3.21. The van der Waals surface area contributed by atoms with Gasteiger partial charge in [-0.25, -0.2) is 4.98 Å². The summed E-state index contributed by atoms with van der Waals surface area (Å²) in [5, 5.41) is 9.95. The topological polar surface area (TPSA) is 49.3 Å². The fraction of sp³-hybridized carbons (Fsp3) is 0.714.